The number of nitrogens with zero attached hydrogens (tertiary/aromatic N) is 2. The summed E-state index contributed by atoms with van der Waals surface area (Å²) in [7, 11) is 0. The van der Waals surface area contributed by atoms with Gasteiger partial charge in [0.2, 0.25) is 0 Å². The summed E-state index contributed by atoms with van der Waals surface area (Å²) in [6.07, 6.45) is 14.0. The van der Waals surface area contributed by atoms with Gasteiger partial charge >= 0.3 is 0 Å². The molecule has 0 aromatic heterocycles. The average Bonchev–Trinajstić information content (AvgIpc) is 2.67. The molecule has 3 rings (SSSR count). The fraction of sp³-hybridized carbons (Fsp3) is 0.400. The molecule has 0 saturated carbocycles. The Balaban J connectivity index is 0.000000511. The van der Waals surface area contributed by atoms with Gasteiger partial charge in [0.15, 0.2) is 0 Å². The van der Waals surface area contributed by atoms with Crippen LogP contribution in [0.2, 0.25) is 0 Å². The number of hydrogen-bond donors (Lipinski definition) is 0. The molecule has 0 N–H and O–H groups in total. The Morgan fingerprint density at radius 2 is 0.758 bits per heavy atom. The molecule has 0 fully saturated rings. The summed E-state index contributed by atoms with van der Waals surface area (Å²) in [4.78, 5) is 9.72. The van der Waals surface area contributed by atoms with Crippen molar-refractivity contribution in [1.29, 1.82) is 0 Å². The fourth-order valence-corrected chi connectivity index (χ4v) is 4.05. The molecule has 1 aliphatic carbocycles. The van der Waals surface area contributed by atoms with E-state index in [1.807, 2.05) is 13.8 Å². The van der Waals surface area contributed by atoms with E-state index < -0.39 is 0 Å². The third-order valence-electron chi connectivity index (χ3n) is 5.69. The number of hydrogen-bond acceptors (Lipinski definition) is 2. The minimum atomic E-state index is 0. The number of aliphatic imine (C=N–C) groups is 2. The minimum Gasteiger partial charge on any atom is -0.251 e. The second-order valence-corrected chi connectivity index (χ2v) is 8.99. The van der Waals surface area contributed by atoms with Crippen LogP contribution in [0.3, 0.4) is 0 Å². The monoisotopic (exact) mass is 484 g/mol. The van der Waals surface area contributed by atoms with E-state index in [0.29, 0.717) is 0 Å². The summed E-state index contributed by atoms with van der Waals surface area (Å²) in [5, 5.41) is 0. The molecule has 33 heavy (non-hydrogen) atoms. The van der Waals surface area contributed by atoms with Gasteiger partial charge in [-0.25, -0.2) is 0 Å². The molecule has 0 saturated heterocycles. The van der Waals surface area contributed by atoms with Crippen LogP contribution < -0.4 is 0 Å². The van der Waals surface area contributed by atoms with Crippen LogP contribution in [-0.4, -0.2) is 11.4 Å². The van der Waals surface area contributed by atoms with E-state index in [1.54, 1.807) is 0 Å². The van der Waals surface area contributed by atoms with Gasteiger partial charge in [-0.1, -0.05) is 59.7 Å². The van der Waals surface area contributed by atoms with Crippen LogP contribution in [-0.2, 0) is 17.1 Å². The summed E-state index contributed by atoms with van der Waals surface area (Å²) in [6.45, 7) is 16.8. The first-order valence-corrected chi connectivity index (χ1v) is 11.8. The van der Waals surface area contributed by atoms with Crippen molar-refractivity contribution in [3.05, 3.63) is 82.0 Å². The van der Waals surface area contributed by atoms with E-state index in [1.165, 1.54) is 59.1 Å². The molecule has 0 bridgehead atoms. The number of rotatable bonds is 3. The van der Waals surface area contributed by atoms with Gasteiger partial charge in [0.1, 0.15) is 0 Å². The Hall–Kier alpha value is -2.22. The molecular weight excluding hydrogens is 444 g/mol. The quantitative estimate of drug-likeness (QED) is 0.236. The standard InChI is InChI=1S/C22H28N2.C8H12.Fe/c1-13-9-15(3)21(16(4)10-13)23-19(7)20(8)24-22-17(5)11-14(2)12-18(22)6;1-2-4-6-8-7-5-3-1;/h9-12H,1-8H3;1-2,7-8H,3-6H2;/b;2-1-,8-7-;. The van der Waals surface area contributed by atoms with Crippen molar-refractivity contribution in [3.8, 4) is 0 Å². The summed E-state index contributed by atoms with van der Waals surface area (Å²) in [6, 6.07) is 8.72. The van der Waals surface area contributed by atoms with Crippen molar-refractivity contribution in [1.82, 2.24) is 0 Å². The van der Waals surface area contributed by atoms with Gasteiger partial charge in [-0.3, -0.25) is 9.98 Å². The fourth-order valence-electron chi connectivity index (χ4n) is 4.05. The Morgan fingerprint density at radius 3 is 1.00 bits per heavy atom. The van der Waals surface area contributed by atoms with Gasteiger partial charge in [0.25, 0.3) is 0 Å². The van der Waals surface area contributed by atoms with Crippen molar-refractivity contribution in [2.45, 2.75) is 81.1 Å². The van der Waals surface area contributed by atoms with Gasteiger partial charge in [0.05, 0.1) is 22.8 Å². The van der Waals surface area contributed by atoms with Gasteiger partial charge < -0.3 is 0 Å². The molecule has 2 nitrogen and oxygen atoms in total. The van der Waals surface area contributed by atoms with Gasteiger partial charge in [-0.05, 0) is 103 Å². The Labute approximate surface area is 212 Å². The van der Waals surface area contributed by atoms with Crippen molar-refractivity contribution in [2.75, 3.05) is 0 Å². The minimum absolute atomic E-state index is 0. The molecule has 2 aromatic carbocycles. The molecule has 3 heteroatoms. The third-order valence-corrected chi connectivity index (χ3v) is 5.69. The topological polar surface area (TPSA) is 24.7 Å². The molecular formula is C30H40FeN2. The molecule has 0 radical (unpaired) electrons. The number of aryl methyl sites for hydroxylation is 6. The molecule has 0 spiro atoms. The molecule has 178 valence electrons. The smallest absolute Gasteiger partial charge is 0.0692 e. The van der Waals surface area contributed by atoms with Crippen LogP contribution in [0.5, 0.6) is 0 Å². The van der Waals surface area contributed by atoms with Crippen molar-refractivity contribution in [2.24, 2.45) is 9.98 Å². The van der Waals surface area contributed by atoms with Gasteiger partial charge in [-0.15, -0.1) is 0 Å². The first-order valence-electron chi connectivity index (χ1n) is 11.8. The predicted molar refractivity (Wildman–Crippen MR) is 144 cm³/mol. The van der Waals surface area contributed by atoms with Crippen molar-refractivity contribution >= 4 is 22.8 Å². The van der Waals surface area contributed by atoms with E-state index in [9.17, 15) is 0 Å². The maximum absolute atomic E-state index is 4.86. The van der Waals surface area contributed by atoms with E-state index in [4.69, 9.17) is 9.98 Å². The van der Waals surface area contributed by atoms with E-state index in [-0.39, 0.29) is 17.1 Å². The first-order chi connectivity index (χ1) is 15.2. The largest absolute Gasteiger partial charge is 0.251 e. The van der Waals surface area contributed by atoms with Gasteiger partial charge in [0, 0.05) is 17.1 Å². The molecule has 0 amide bonds. The zero-order valence-corrected chi connectivity index (χ0v) is 22.8. The second kappa shape index (κ2) is 14.1. The van der Waals surface area contributed by atoms with Crippen LogP contribution in [0.15, 0.2) is 58.6 Å². The molecule has 0 unspecified atom stereocenters. The Morgan fingerprint density at radius 1 is 0.515 bits per heavy atom. The normalized spacial score (nSPS) is 16.0. The van der Waals surface area contributed by atoms with Crippen LogP contribution >= 0.6 is 0 Å². The Kier molecular flexibility index (Phi) is 12.3. The zero-order chi connectivity index (χ0) is 23.7. The zero-order valence-electron chi connectivity index (χ0n) is 21.7. The van der Waals surface area contributed by atoms with Gasteiger partial charge in [-0.2, -0.15) is 0 Å². The maximum Gasteiger partial charge on any atom is 0.0692 e. The van der Waals surface area contributed by atoms with E-state index in [0.717, 1.165) is 22.8 Å². The molecule has 0 atom stereocenters. The number of allylic oxidation sites excluding steroid dienone is 4. The van der Waals surface area contributed by atoms with Crippen molar-refractivity contribution < 1.29 is 17.1 Å². The summed E-state index contributed by atoms with van der Waals surface area (Å²) >= 11 is 0. The van der Waals surface area contributed by atoms with E-state index >= 15 is 0 Å². The molecule has 0 aliphatic heterocycles. The summed E-state index contributed by atoms with van der Waals surface area (Å²) in [5.41, 5.74) is 11.4. The summed E-state index contributed by atoms with van der Waals surface area (Å²) in [5.74, 6) is 0. The van der Waals surface area contributed by atoms with Crippen LogP contribution in [0.1, 0.15) is 72.9 Å². The second-order valence-electron chi connectivity index (χ2n) is 8.99. The molecule has 0 heterocycles. The van der Waals surface area contributed by atoms with Crippen LogP contribution in [0, 0.1) is 41.5 Å². The maximum atomic E-state index is 4.86. The van der Waals surface area contributed by atoms with Crippen molar-refractivity contribution in [3.63, 3.8) is 0 Å². The number of benzene rings is 2. The third kappa shape index (κ3) is 9.27. The van der Waals surface area contributed by atoms with E-state index in [2.05, 4.69) is 90.1 Å². The SMILES string of the molecule is C1=C\CC/C=C\CC/1.CC(=Nc1c(C)cc(C)cc1C)C(C)=Nc1c(C)cc(C)cc1C.[Fe]. The van der Waals surface area contributed by atoms with Crippen LogP contribution in [0.4, 0.5) is 11.4 Å². The first kappa shape index (κ1) is 28.8. The molecule has 2 aromatic rings. The summed E-state index contributed by atoms with van der Waals surface area (Å²) < 4.78 is 0. The Bertz CT molecular complexity index is 911. The predicted octanol–water partition coefficient (Wildman–Crippen LogP) is 9.09. The average molecular weight is 485 g/mol. The molecule has 1 aliphatic rings. The van der Waals surface area contributed by atoms with Crippen LogP contribution in [0.25, 0.3) is 0 Å².